The number of sulfone groups is 1. The minimum absolute atomic E-state index is 0.133. The van der Waals surface area contributed by atoms with Crippen LogP contribution in [0.2, 0.25) is 0 Å². The second kappa shape index (κ2) is 6.56. The van der Waals surface area contributed by atoms with Crippen LogP contribution in [0.5, 0.6) is 0 Å². The molecule has 0 aliphatic heterocycles. The molecule has 1 N–H and O–H groups in total. The monoisotopic (exact) mass is 395 g/mol. The molecule has 28 heavy (non-hydrogen) atoms. The molecule has 0 atom stereocenters. The van der Waals surface area contributed by atoms with Crippen molar-refractivity contribution >= 4 is 32.2 Å². The maximum atomic E-state index is 13.4. The molecule has 0 bridgehead atoms. The van der Waals surface area contributed by atoms with Crippen LogP contribution in [0.4, 0.5) is 5.82 Å². The smallest absolute Gasteiger partial charge is 0.229 e. The van der Waals surface area contributed by atoms with Gasteiger partial charge < -0.3 is 5.32 Å². The number of aryl methyl sites for hydroxylation is 2. The summed E-state index contributed by atoms with van der Waals surface area (Å²) < 4.78 is 28.2. The van der Waals surface area contributed by atoms with Gasteiger partial charge in [0.2, 0.25) is 14.9 Å². The van der Waals surface area contributed by atoms with Gasteiger partial charge in [0.05, 0.1) is 10.4 Å². The first-order valence-corrected chi connectivity index (χ1v) is 10.5. The lowest BCUT2D eigenvalue weighted by Gasteiger charge is -2.13. The summed E-state index contributed by atoms with van der Waals surface area (Å²) in [6.45, 7) is 7.64. The topological polar surface area (TPSA) is 89.2 Å². The summed E-state index contributed by atoms with van der Waals surface area (Å²) in [6.07, 6.45) is 0. The normalized spacial score (nSPS) is 12.2. The number of benzene rings is 2. The summed E-state index contributed by atoms with van der Waals surface area (Å²) >= 11 is 0. The molecule has 2 aromatic heterocycles. The van der Waals surface area contributed by atoms with Crippen molar-refractivity contribution in [2.75, 3.05) is 5.32 Å². The molecule has 0 aliphatic rings. The zero-order valence-corrected chi connectivity index (χ0v) is 16.9. The summed E-state index contributed by atoms with van der Waals surface area (Å²) in [5.41, 5.74) is 2.47. The number of nitrogens with zero attached hydrogens (tertiary/aromatic N) is 4. The number of anilines is 1. The highest BCUT2D eigenvalue weighted by molar-refractivity contribution is 7.91. The third kappa shape index (κ3) is 2.90. The fourth-order valence-corrected chi connectivity index (χ4v) is 4.76. The van der Waals surface area contributed by atoms with E-state index >= 15 is 0 Å². The predicted molar refractivity (Wildman–Crippen MR) is 108 cm³/mol. The molecule has 8 heteroatoms. The van der Waals surface area contributed by atoms with Gasteiger partial charge in [-0.3, -0.25) is 0 Å². The van der Waals surface area contributed by atoms with Gasteiger partial charge in [-0.05, 0) is 57.0 Å². The van der Waals surface area contributed by atoms with Crippen molar-refractivity contribution in [3.63, 3.8) is 0 Å². The Kier molecular flexibility index (Phi) is 4.30. The van der Waals surface area contributed by atoms with Gasteiger partial charge in [-0.2, -0.15) is 4.52 Å². The zero-order chi connectivity index (χ0) is 20.1. The molecule has 2 aromatic carbocycles. The number of hydrogen-bond donors (Lipinski definition) is 1. The maximum Gasteiger partial charge on any atom is 0.229 e. The van der Waals surface area contributed by atoms with Gasteiger partial charge in [-0.1, -0.05) is 29.5 Å². The first-order chi connectivity index (χ1) is 13.3. The lowest BCUT2D eigenvalue weighted by molar-refractivity contribution is 0.592. The van der Waals surface area contributed by atoms with E-state index in [0.29, 0.717) is 11.4 Å². The van der Waals surface area contributed by atoms with Crippen LogP contribution < -0.4 is 5.32 Å². The van der Waals surface area contributed by atoms with Crippen molar-refractivity contribution in [2.24, 2.45) is 0 Å². The van der Waals surface area contributed by atoms with Gasteiger partial charge in [0.1, 0.15) is 5.82 Å². The van der Waals surface area contributed by atoms with Gasteiger partial charge in [-0.15, -0.1) is 5.10 Å². The Labute approximate surface area is 163 Å². The van der Waals surface area contributed by atoms with Crippen LogP contribution in [0, 0.1) is 13.8 Å². The molecule has 0 amide bonds. The van der Waals surface area contributed by atoms with Crippen LogP contribution in [0.3, 0.4) is 0 Å². The van der Waals surface area contributed by atoms with Crippen molar-refractivity contribution in [1.29, 1.82) is 0 Å². The van der Waals surface area contributed by atoms with Crippen molar-refractivity contribution in [3.05, 3.63) is 53.6 Å². The Balaban J connectivity index is 2.04. The second-order valence-corrected chi connectivity index (χ2v) is 9.01. The number of aromatic nitrogens is 4. The van der Waals surface area contributed by atoms with Gasteiger partial charge >= 0.3 is 0 Å². The SMILES string of the molecule is Cc1ccc(C)c(S(=O)(=O)c2nnn3c2nc(NC(C)C)c2ccccc23)c1. The molecule has 0 fully saturated rings. The third-order valence-corrected chi connectivity index (χ3v) is 6.33. The molecule has 4 rings (SSSR count). The Hall–Kier alpha value is -3.00. The Morgan fingerprint density at radius 2 is 1.82 bits per heavy atom. The number of rotatable bonds is 4. The first kappa shape index (κ1) is 18.4. The average molecular weight is 395 g/mol. The van der Waals surface area contributed by atoms with Crippen molar-refractivity contribution < 1.29 is 8.42 Å². The van der Waals surface area contributed by atoms with E-state index < -0.39 is 9.84 Å². The summed E-state index contributed by atoms with van der Waals surface area (Å²) in [5.74, 6) is 0.609. The molecule has 4 aromatic rings. The van der Waals surface area contributed by atoms with Crippen LogP contribution in [0.25, 0.3) is 16.6 Å². The number of para-hydroxylation sites is 1. The Bertz CT molecular complexity index is 1310. The molecule has 0 saturated heterocycles. The first-order valence-electron chi connectivity index (χ1n) is 9.02. The summed E-state index contributed by atoms with van der Waals surface area (Å²) in [7, 11) is -3.87. The standard InChI is InChI=1S/C20H21N5O2S/c1-12(2)21-18-15-7-5-6-8-16(15)25-19(22-18)20(23-24-25)28(26,27)17-11-13(3)9-10-14(17)4/h5-12H,1-4H3,(H,21,22). The van der Waals surface area contributed by atoms with Gasteiger partial charge in [0.15, 0.2) is 5.65 Å². The highest BCUT2D eigenvalue weighted by Gasteiger charge is 2.28. The van der Waals surface area contributed by atoms with E-state index in [4.69, 9.17) is 0 Å². The van der Waals surface area contributed by atoms with Crippen LogP contribution in [0.1, 0.15) is 25.0 Å². The predicted octanol–water partition coefficient (Wildman–Crippen LogP) is 3.55. The third-order valence-electron chi connectivity index (χ3n) is 4.54. The summed E-state index contributed by atoms with van der Waals surface area (Å²) in [5, 5.41) is 12.1. The van der Waals surface area contributed by atoms with E-state index in [-0.39, 0.29) is 21.6 Å². The fraction of sp³-hybridized carbons (Fsp3) is 0.250. The quantitative estimate of drug-likeness (QED) is 0.568. The van der Waals surface area contributed by atoms with E-state index in [2.05, 4.69) is 20.6 Å². The minimum atomic E-state index is -3.87. The van der Waals surface area contributed by atoms with E-state index in [1.807, 2.05) is 51.1 Å². The molecule has 144 valence electrons. The molecule has 0 radical (unpaired) electrons. The number of nitrogens with one attached hydrogen (secondary N) is 1. The van der Waals surface area contributed by atoms with E-state index in [0.717, 1.165) is 16.5 Å². The van der Waals surface area contributed by atoms with E-state index in [1.165, 1.54) is 4.52 Å². The molecular weight excluding hydrogens is 374 g/mol. The molecule has 0 spiro atoms. The number of hydrogen-bond acceptors (Lipinski definition) is 6. The van der Waals surface area contributed by atoms with Crippen molar-refractivity contribution in [1.82, 2.24) is 19.8 Å². The van der Waals surface area contributed by atoms with Crippen molar-refractivity contribution in [2.45, 2.75) is 43.7 Å². The van der Waals surface area contributed by atoms with E-state index in [1.54, 1.807) is 19.1 Å². The van der Waals surface area contributed by atoms with Gasteiger partial charge in [-0.25, -0.2) is 13.4 Å². The second-order valence-electron chi connectivity index (χ2n) is 7.18. The molecule has 7 nitrogen and oxygen atoms in total. The largest absolute Gasteiger partial charge is 0.367 e. The number of fused-ring (bicyclic) bond motifs is 3. The maximum absolute atomic E-state index is 13.4. The van der Waals surface area contributed by atoms with Crippen LogP contribution in [-0.2, 0) is 9.84 Å². The lowest BCUT2D eigenvalue weighted by Crippen LogP contribution is -2.13. The van der Waals surface area contributed by atoms with Crippen molar-refractivity contribution in [3.8, 4) is 0 Å². The zero-order valence-electron chi connectivity index (χ0n) is 16.1. The van der Waals surface area contributed by atoms with Crippen LogP contribution in [0.15, 0.2) is 52.4 Å². The van der Waals surface area contributed by atoms with E-state index in [9.17, 15) is 8.42 Å². The molecule has 0 saturated carbocycles. The lowest BCUT2D eigenvalue weighted by atomic mass is 10.2. The Morgan fingerprint density at radius 1 is 1.07 bits per heavy atom. The van der Waals surface area contributed by atoms with Gasteiger partial charge in [0, 0.05) is 11.4 Å². The highest BCUT2D eigenvalue weighted by Crippen LogP contribution is 2.29. The molecule has 0 unspecified atom stereocenters. The van der Waals surface area contributed by atoms with Crippen LogP contribution >= 0.6 is 0 Å². The minimum Gasteiger partial charge on any atom is -0.367 e. The average Bonchev–Trinajstić information content (AvgIpc) is 3.08. The van der Waals surface area contributed by atoms with Gasteiger partial charge in [0.25, 0.3) is 0 Å². The van der Waals surface area contributed by atoms with Crippen LogP contribution in [-0.4, -0.2) is 34.3 Å². The fourth-order valence-electron chi connectivity index (χ4n) is 3.20. The highest BCUT2D eigenvalue weighted by atomic mass is 32.2. The Morgan fingerprint density at radius 3 is 2.57 bits per heavy atom. The molecule has 2 heterocycles. The summed E-state index contributed by atoms with van der Waals surface area (Å²) in [6, 6.07) is 13.0. The summed E-state index contributed by atoms with van der Waals surface area (Å²) in [4.78, 5) is 4.82. The molecular formula is C20H21N5O2S. The molecule has 0 aliphatic carbocycles.